The summed E-state index contributed by atoms with van der Waals surface area (Å²) in [5.41, 5.74) is 3.31. The Bertz CT molecular complexity index is 683. The maximum atomic E-state index is 5.48. The molecule has 0 bridgehead atoms. The summed E-state index contributed by atoms with van der Waals surface area (Å²) in [6.45, 7) is 3.51. The molecule has 0 aromatic heterocycles. The Kier molecular flexibility index (Phi) is 4.32. The van der Waals surface area contributed by atoms with Crippen molar-refractivity contribution in [2.24, 2.45) is 5.92 Å². The number of nitrogens with zero attached hydrogens (tertiary/aromatic N) is 1. The van der Waals surface area contributed by atoms with Crippen LogP contribution in [0.15, 0.2) is 54.6 Å². The van der Waals surface area contributed by atoms with E-state index < -0.39 is 0 Å². The predicted molar refractivity (Wildman–Crippen MR) is 98.3 cm³/mol. The van der Waals surface area contributed by atoms with Gasteiger partial charge in [0.15, 0.2) is 0 Å². The van der Waals surface area contributed by atoms with Gasteiger partial charge in [-0.2, -0.15) is 0 Å². The van der Waals surface area contributed by atoms with E-state index in [2.05, 4.69) is 59.5 Å². The maximum absolute atomic E-state index is 5.48. The van der Waals surface area contributed by atoms with E-state index >= 15 is 0 Å². The van der Waals surface area contributed by atoms with Crippen LogP contribution < -0.4 is 4.74 Å². The van der Waals surface area contributed by atoms with Gasteiger partial charge in [0.1, 0.15) is 5.75 Å². The summed E-state index contributed by atoms with van der Waals surface area (Å²) in [7, 11) is 1.77. The zero-order valence-electron chi connectivity index (χ0n) is 14.6. The number of fused-ring (bicyclic) bond motifs is 1. The van der Waals surface area contributed by atoms with Crippen LogP contribution in [0.2, 0.25) is 0 Å². The molecule has 2 heteroatoms. The summed E-state index contributed by atoms with van der Waals surface area (Å²) < 4.78 is 5.48. The van der Waals surface area contributed by atoms with Crippen LogP contribution in [-0.2, 0) is 12.0 Å². The molecule has 2 aromatic rings. The summed E-state index contributed by atoms with van der Waals surface area (Å²) in [4.78, 5) is 2.66. The third kappa shape index (κ3) is 2.84. The minimum atomic E-state index is 0.377. The standard InChI is InChI=1S/C22H27NO/c1-24-21-11-5-9-19(15-21)22-12-6-10-20(22)17-23(14-13-22)16-18-7-3-2-4-8-18/h2-5,7-9,11,15,20H,6,10,12-14,16-17H2,1H3. The molecule has 1 aliphatic heterocycles. The molecular weight excluding hydrogens is 294 g/mol. The molecule has 1 saturated heterocycles. The molecule has 126 valence electrons. The number of benzene rings is 2. The van der Waals surface area contributed by atoms with Gasteiger partial charge >= 0.3 is 0 Å². The summed E-state index contributed by atoms with van der Waals surface area (Å²) >= 11 is 0. The molecule has 24 heavy (non-hydrogen) atoms. The van der Waals surface area contributed by atoms with Crippen molar-refractivity contribution in [1.29, 1.82) is 0 Å². The van der Waals surface area contributed by atoms with Gasteiger partial charge in [0.05, 0.1) is 7.11 Å². The van der Waals surface area contributed by atoms with Crippen LogP contribution in [0.4, 0.5) is 0 Å². The third-order valence-electron chi connectivity index (χ3n) is 6.20. The molecule has 1 saturated carbocycles. The van der Waals surface area contributed by atoms with Crippen LogP contribution in [0.3, 0.4) is 0 Å². The van der Waals surface area contributed by atoms with Crippen molar-refractivity contribution in [2.75, 3.05) is 20.2 Å². The molecule has 0 spiro atoms. The molecule has 2 atom stereocenters. The first-order valence-electron chi connectivity index (χ1n) is 9.21. The third-order valence-corrected chi connectivity index (χ3v) is 6.20. The van der Waals surface area contributed by atoms with Gasteiger partial charge in [-0.3, -0.25) is 4.90 Å². The highest BCUT2D eigenvalue weighted by Crippen LogP contribution is 2.51. The van der Waals surface area contributed by atoms with Gasteiger partial charge in [-0.05, 0) is 55.0 Å². The lowest BCUT2D eigenvalue weighted by Crippen LogP contribution is -2.46. The van der Waals surface area contributed by atoms with Crippen molar-refractivity contribution >= 4 is 0 Å². The van der Waals surface area contributed by atoms with Crippen molar-refractivity contribution in [3.05, 3.63) is 65.7 Å². The molecule has 2 aromatic carbocycles. The van der Waals surface area contributed by atoms with Gasteiger partial charge in [0.2, 0.25) is 0 Å². The topological polar surface area (TPSA) is 12.5 Å². The number of hydrogen-bond donors (Lipinski definition) is 0. The highest BCUT2D eigenvalue weighted by molar-refractivity contribution is 5.36. The number of ether oxygens (including phenoxy) is 1. The second kappa shape index (κ2) is 6.60. The van der Waals surface area contributed by atoms with Gasteiger partial charge in [0.25, 0.3) is 0 Å². The van der Waals surface area contributed by atoms with E-state index in [-0.39, 0.29) is 0 Å². The van der Waals surface area contributed by atoms with Crippen molar-refractivity contribution in [1.82, 2.24) is 4.90 Å². The second-order valence-electron chi connectivity index (χ2n) is 7.45. The van der Waals surface area contributed by atoms with Crippen LogP contribution in [0.25, 0.3) is 0 Å². The molecule has 4 rings (SSSR count). The van der Waals surface area contributed by atoms with E-state index in [1.54, 1.807) is 7.11 Å². The Morgan fingerprint density at radius 3 is 2.79 bits per heavy atom. The fourth-order valence-electron chi connectivity index (χ4n) is 4.94. The number of hydrogen-bond acceptors (Lipinski definition) is 2. The molecule has 1 aliphatic carbocycles. The van der Waals surface area contributed by atoms with Gasteiger partial charge in [0, 0.05) is 18.5 Å². The van der Waals surface area contributed by atoms with E-state index in [1.807, 2.05) is 0 Å². The molecule has 2 unspecified atom stereocenters. The average Bonchev–Trinajstić information content (AvgIpc) is 3.07. The Morgan fingerprint density at radius 2 is 1.96 bits per heavy atom. The summed E-state index contributed by atoms with van der Waals surface area (Å²) in [6, 6.07) is 19.7. The maximum Gasteiger partial charge on any atom is 0.119 e. The van der Waals surface area contributed by atoms with E-state index in [0.29, 0.717) is 5.41 Å². The summed E-state index contributed by atoms with van der Waals surface area (Å²) in [5, 5.41) is 0. The molecular formula is C22H27NO. The van der Waals surface area contributed by atoms with Crippen molar-refractivity contribution in [3.63, 3.8) is 0 Å². The largest absolute Gasteiger partial charge is 0.497 e. The zero-order chi connectivity index (χ0) is 16.4. The number of piperidine rings is 1. The molecule has 1 heterocycles. The molecule has 0 amide bonds. The zero-order valence-corrected chi connectivity index (χ0v) is 14.6. The Balaban J connectivity index is 1.54. The van der Waals surface area contributed by atoms with Crippen LogP contribution in [0.5, 0.6) is 5.75 Å². The van der Waals surface area contributed by atoms with E-state index in [0.717, 1.165) is 18.2 Å². The SMILES string of the molecule is COc1cccc(C23CCCC2CN(Cc2ccccc2)CC3)c1. The van der Waals surface area contributed by atoms with E-state index in [1.165, 1.54) is 49.9 Å². The lowest BCUT2D eigenvalue weighted by atomic mass is 9.67. The Morgan fingerprint density at radius 1 is 1.08 bits per heavy atom. The number of likely N-dealkylation sites (tertiary alicyclic amines) is 1. The van der Waals surface area contributed by atoms with Crippen LogP contribution in [0.1, 0.15) is 36.8 Å². The Hall–Kier alpha value is -1.80. The summed E-state index contributed by atoms with van der Waals surface area (Å²) in [6.07, 6.45) is 5.34. The average molecular weight is 321 g/mol. The normalized spacial score (nSPS) is 27.0. The van der Waals surface area contributed by atoms with E-state index in [9.17, 15) is 0 Å². The van der Waals surface area contributed by atoms with Crippen LogP contribution in [0, 0.1) is 5.92 Å². The fourth-order valence-corrected chi connectivity index (χ4v) is 4.94. The minimum Gasteiger partial charge on any atom is -0.497 e. The van der Waals surface area contributed by atoms with Crippen molar-refractivity contribution in [2.45, 2.75) is 37.6 Å². The predicted octanol–water partition coefficient (Wildman–Crippen LogP) is 4.64. The van der Waals surface area contributed by atoms with Gasteiger partial charge in [-0.15, -0.1) is 0 Å². The van der Waals surface area contributed by atoms with Gasteiger partial charge < -0.3 is 4.74 Å². The van der Waals surface area contributed by atoms with Gasteiger partial charge in [-0.25, -0.2) is 0 Å². The quantitative estimate of drug-likeness (QED) is 0.813. The molecule has 2 aliphatic rings. The highest BCUT2D eigenvalue weighted by atomic mass is 16.5. The first-order chi connectivity index (χ1) is 11.8. The van der Waals surface area contributed by atoms with E-state index in [4.69, 9.17) is 4.74 Å². The van der Waals surface area contributed by atoms with Gasteiger partial charge in [-0.1, -0.05) is 48.9 Å². The molecule has 2 fully saturated rings. The minimum absolute atomic E-state index is 0.377. The second-order valence-corrected chi connectivity index (χ2v) is 7.45. The monoisotopic (exact) mass is 321 g/mol. The van der Waals surface area contributed by atoms with Crippen LogP contribution in [-0.4, -0.2) is 25.1 Å². The highest BCUT2D eigenvalue weighted by Gasteiger charge is 2.47. The number of methoxy groups -OCH3 is 1. The van der Waals surface area contributed by atoms with Crippen molar-refractivity contribution < 1.29 is 4.74 Å². The Labute approximate surface area is 145 Å². The first-order valence-corrected chi connectivity index (χ1v) is 9.21. The summed E-state index contributed by atoms with van der Waals surface area (Å²) in [5.74, 6) is 1.78. The molecule has 2 nitrogen and oxygen atoms in total. The lowest BCUT2D eigenvalue weighted by Gasteiger charge is -2.45. The fraction of sp³-hybridized carbons (Fsp3) is 0.455. The lowest BCUT2D eigenvalue weighted by molar-refractivity contribution is 0.105. The molecule has 0 radical (unpaired) electrons. The van der Waals surface area contributed by atoms with Crippen LogP contribution >= 0.6 is 0 Å². The van der Waals surface area contributed by atoms with Crippen molar-refractivity contribution in [3.8, 4) is 5.75 Å². The first kappa shape index (κ1) is 15.7. The number of rotatable bonds is 4. The molecule has 0 N–H and O–H groups in total. The smallest absolute Gasteiger partial charge is 0.119 e.